The van der Waals surface area contributed by atoms with Crippen molar-refractivity contribution in [3.8, 4) is 0 Å². The minimum Gasteiger partial charge on any atom is -0.456 e. The van der Waals surface area contributed by atoms with Gasteiger partial charge < -0.3 is 10.1 Å². The summed E-state index contributed by atoms with van der Waals surface area (Å²) in [6.07, 6.45) is -0.352. The molecule has 2 rings (SSSR count). The Morgan fingerprint density at radius 2 is 1.63 bits per heavy atom. The number of hydrogen-bond donors (Lipinski definition) is 1. The Bertz CT molecular complexity index is 849. The maximum Gasteiger partial charge on any atom is 0.306 e. The van der Waals surface area contributed by atoms with Crippen LogP contribution < -0.4 is 5.32 Å². The first-order chi connectivity index (χ1) is 12.8. The predicted octanol–water partition coefficient (Wildman–Crippen LogP) is 2.88. The zero-order chi connectivity index (χ0) is 19.8. The van der Waals surface area contributed by atoms with Crippen LogP contribution in [0.2, 0.25) is 0 Å². The number of rotatable bonds is 8. The zero-order valence-electron chi connectivity index (χ0n) is 14.0. The standard InChI is InChI=1S/C18H15FN2O6/c19-13-3-1-12(2-4-13)16(22)9-10-18(24)27-11-17(23)20-14-5-7-15(8-6-14)21(25)26/h1-8H,9-11H2,(H,20,23). The minimum absolute atomic E-state index is 0.120. The number of ether oxygens (including phenoxy) is 1. The van der Waals surface area contributed by atoms with E-state index in [1.54, 1.807) is 0 Å². The van der Waals surface area contributed by atoms with Gasteiger partial charge in [-0.2, -0.15) is 0 Å². The van der Waals surface area contributed by atoms with Crippen molar-refractivity contribution in [1.82, 2.24) is 0 Å². The molecule has 2 aromatic rings. The average molecular weight is 374 g/mol. The summed E-state index contributed by atoms with van der Waals surface area (Å²) in [7, 11) is 0. The lowest BCUT2D eigenvalue weighted by molar-refractivity contribution is -0.384. The van der Waals surface area contributed by atoms with Gasteiger partial charge in [0.15, 0.2) is 12.4 Å². The number of hydrogen-bond acceptors (Lipinski definition) is 6. The number of nitrogens with zero attached hydrogens (tertiary/aromatic N) is 1. The molecule has 0 aliphatic heterocycles. The second-order valence-corrected chi connectivity index (χ2v) is 5.44. The number of ketones is 1. The van der Waals surface area contributed by atoms with Crippen molar-refractivity contribution in [2.24, 2.45) is 0 Å². The fourth-order valence-corrected chi connectivity index (χ4v) is 2.08. The van der Waals surface area contributed by atoms with Gasteiger partial charge in [-0.25, -0.2) is 4.39 Å². The topological polar surface area (TPSA) is 116 Å². The van der Waals surface area contributed by atoms with Crippen LogP contribution in [0.15, 0.2) is 48.5 Å². The van der Waals surface area contributed by atoms with Gasteiger partial charge in [0.1, 0.15) is 5.82 Å². The van der Waals surface area contributed by atoms with E-state index in [0.29, 0.717) is 5.69 Å². The maximum absolute atomic E-state index is 12.8. The van der Waals surface area contributed by atoms with Crippen LogP contribution in [0.4, 0.5) is 15.8 Å². The number of esters is 1. The third kappa shape index (κ3) is 6.31. The summed E-state index contributed by atoms with van der Waals surface area (Å²) in [5, 5.41) is 13.0. The molecule has 0 aliphatic rings. The Kier molecular flexibility index (Phi) is 6.70. The van der Waals surface area contributed by atoms with Crippen LogP contribution >= 0.6 is 0 Å². The van der Waals surface area contributed by atoms with Gasteiger partial charge in [-0.3, -0.25) is 24.5 Å². The van der Waals surface area contributed by atoms with Crippen molar-refractivity contribution >= 4 is 29.0 Å². The van der Waals surface area contributed by atoms with Crippen LogP contribution in [0, 0.1) is 15.9 Å². The second kappa shape index (κ2) is 9.18. The summed E-state index contributed by atoms with van der Waals surface area (Å²) in [4.78, 5) is 45.2. The smallest absolute Gasteiger partial charge is 0.306 e. The molecule has 9 heteroatoms. The normalized spacial score (nSPS) is 10.1. The van der Waals surface area contributed by atoms with Crippen molar-refractivity contribution in [2.45, 2.75) is 12.8 Å². The van der Waals surface area contributed by atoms with E-state index in [1.807, 2.05) is 0 Å². The summed E-state index contributed by atoms with van der Waals surface area (Å²) >= 11 is 0. The van der Waals surface area contributed by atoms with Gasteiger partial charge in [0.2, 0.25) is 0 Å². The lowest BCUT2D eigenvalue weighted by Gasteiger charge is -2.06. The molecule has 0 saturated carbocycles. The number of nitrogens with one attached hydrogen (secondary N) is 1. The summed E-state index contributed by atoms with van der Waals surface area (Å²) in [5.74, 6) is -2.17. The predicted molar refractivity (Wildman–Crippen MR) is 92.6 cm³/mol. The average Bonchev–Trinajstić information content (AvgIpc) is 2.65. The number of benzene rings is 2. The lowest BCUT2D eigenvalue weighted by Crippen LogP contribution is -2.21. The number of non-ortho nitro benzene ring substituents is 1. The third-order valence-corrected chi connectivity index (χ3v) is 3.45. The molecular weight excluding hydrogens is 359 g/mol. The molecule has 0 fully saturated rings. The molecule has 0 spiro atoms. The molecule has 0 atom stereocenters. The molecule has 0 aromatic heterocycles. The molecular formula is C18H15FN2O6. The molecule has 0 bridgehead atoms. The number of Topliss-reactive ketones (excluding diaryl/α,β-unsaturated/α-hetero) is 1. The fourth-order valence-electron chi connectivity index (χ4n) is 2.08. The van der Waals surface area contributed by atoms with Crippen molar-refractivity contribution < 1.29 is 28.4 Å². The lowest BCUT2D eigenvalue weighted by atomic mass is 10.1. The number of nitro benzene ring substituents is 1. The monoisotopic (exact) mass is 374 g/mol. The van der Waals surface area contributed by atoms with E-state index in [1.165, 1.54) is 36.4 Å². The highest BCUT2D eigenvalue weighted by molar-refractivity contribution is 5.98. The Labute approximate surface area is 153 Å². The van der Waals surface area contributed by atoms with E-state index in [-0.39, 0.29) is 29.9 Å². The summed E-state index contributed by atoms with van der Waals surface area (Å²) in [6, 6.07) is 10.1. The van der Waals surface area contributed by atoms with Gasteiger partial charge in [0.05, 0.1) is 11.3 Å². The highest BCUT2D eigenvalue weighted by Gasteiger charge is 2.12. The highest BCUT2D eigenvalue weighted by atomic mass is 19.1. The summed E-state index contributed by atoms with van der Waals surface area (Å²) in [6.45, 7) is -0.555. The Morgan fingerprint density at radius 1 is 1.00 bits per heavy atom. The van der Waals surface area contributed by atoms with E-state index in [4.69, 9.17) is 4.74 Å². The number of nitro groups is 1. The fraction of sp³-hybridized carbons (Fsp3) is 0.167. The second-order valence-electron chi connectivity index (χ2n) is 5.44. The van der Waals surface area contributed by atoms with Gasteiger partial charge in [0.25, 0.3) is 11.6 Å². The molecule has 27 heavy (non-hydrogen) atoms. The molecule has 0 radical (unpaired) electrons. The SMILES string of the molecule is O=C(COC(=O)CCC(=O)c1ccc(F)cc1)Nc1ccc([N+](=O)[O-])cc1. The van der Waals surface area contributed by atoms with Gasteiger partial charge in [0, 0.05) is 29.8 Å². The molecule has 0 heterocycles. The van der Waals surface area contributed by atoms with E-state index in [2.05, 4.69) is 5.32 Å². The first kappa shape index (κ1) is 19.7. The first-order valence-corrected chi connectivity index (χ1v) is 7.84. The number of amides is 1. The summed E-state index contributed by atoms with van der Waals surface area (Å²) in [5.41, 5.74) is 0.471. The highest BCUT2D eigenvalue weighted by Crippen LogP contribution is 2.15. The van der Waals surface area contributed by atoms with Gasteiger partial charge in [-0.15, -0.1) is 0 Å². The maximum atomic E-state index is 12.8. The minimum atomic E-state index is -0.732. The van der Waals surface area contributed by atoms with E-state index in [9.17, 15) is 28.9 Å². The van der Waals surface area contributed by atoms with Gasteiger partial charge in [-0.1, -0.05) is 0 Å². The molecule has 0 saturated heterocycles. The van der Waals surface area contributed by atoms with Crippen molar-refractivity contribution in [1.29, 1.82) is 0 Å². The molecule has 2 aromatic carbocycles. The van der Waals surface area contributed by atoms with Gasteiger partial charge >= 0.3 is 5.97 Å². The van der Waals surface area contributed by atoms with Crippen LogP contribution in [0.25, 0.3) is 0 Å². The Morgan fingerprint density at radius 3 is 2.22 bits per heavy atom. The zero-order valence-corrected chi connectivity index (χ0v) is 14.0. The molecule has 140 valence electrons. The number of carbonyl (C=O) groups is 3. The molecule has 8 nitrogen and oxygen atoms in total. The summed E-state index contributed by atoms with van der Waals surface area (Å²) < 4.78 is 17.6. The van der Waals surface area contributed by atoms with Crippen LogP contribution in [0.1, 0.15) is 23.2 Å². The quantitative estimate of drug-likeness (QED) is 0.329. The van der Waals surface area contributed by atoms with Gasteiger partial charge in [-0.05, 0) is 36.4 Å². The van der Waals surface area contributed by atoms with Crippen LogP contribution in [0.3, 0.4) is 0 Å². The molecule has 1 N–H and O–H groups in total. The van der Waals surface area contributed by atoms with Crippen LogP contribution in [-0.4, -0.2) is 29.2 Å². The first-order valence-electron chi connectivity index (χ1n) is 7.84. The largest absolute Gasteiger partial charge is 0.456 e. The number of halogens is 1. The van der Waals surface area contributed by atoms with E-state index in [0.717, 1.165) is 12.1 Å². The van der Waals surface area contributed by atoms with Crippen molar-refractivity contribution in [3.05, 3.63) is 70.0 Å². The van der Waals surface area contributed by atoms with E-state index >= 15 is 0 Å². The van der Waals surface area contributed by atoms with Crippen molar-refractivity contribution in [2.75, 3.05) is 11.9 Å². The van der Waals surface area contributed by atoms with E-state index < -0.39 is 29.2 Å². The molecule has 0 aliphatic carbocycles. The molecule has 1 amide bonds. The Balaban J connectivity index is 1.72. The molecule has 0 unspecified atom stereocenters. The number of carbonyl (C=O) groups excluding carboxylic acids is 3. The third-order valence-electron chi connectivity index (χ3n) is 3.45. The Hall–Kier alpha value is -3.62. The van der Waals surface area contributed by atoms with Crippen LogP contribution in [-0.2, 0) is 14.3 Å². The number of anilines is 1. The van der Waals surface area contributed by atoms with Crippen LogP contribution in [0.5, 0.6) is 0 Å². The van der Waals surface area contributed by atoms with Crippen molar-refractivity contribution in [3.63, 3.8) is 0 Å².